The highest BCUT2D eigenvalue weighted by Crippen LogP contribution is 2.14. The molecule has 1 aromatic carbocycles. The second-order valence-electron chi connectivity index (χ2n) is 2.54. The molecule has 58 valence electrons. The van der Waals surface area contributed by atoms with Crippen LogP contribution in [-0.2, 0) is 6.54 Å². The molecule has 0 aliphatic carbocycles. The predicted molar refractivity (Wildman–Crippen MR) is 44.9 cm³/mol. The maximum absolute atomic E-state index is 3.25. The summed E-state index contributed by atoms with van der Waals surface area (Å²) in [7, 11) is 0. The van der Waals surface area contributed by atoms with Gasteiger partial charge in [-0.2, -0.15) is 0 Å². The van der Waals surface area contributed by atoms with Crippen LogP contribution in [-0.4, -0.2) is 6.67 Å². The Morgan fingerprint density at radius 3 is 3.00 bits per heavy atom. The molecule has 0 spiro atoms. The summed E-state index contributed by atoms with van der Waals surface area (Å²) in [5.74, 6) is 0. The number of hydrogen-bond donors (Lipinski definition) is 3. The van der Waals surface area contributed by atoms with E-state index in [4.69, 9.17) is 0 Å². The van der Waals surface area contributed by atoms with Crippen LogP contribution in [0.15, 0.2) is 24.3 Å². The summed E-state index contributed by atoms with van der Waals surface area (Å²) in [6, 6.07) is 8.29. The van der Waals surface area contributed by atoms with Crippen LogP contribution in [0.4, 0.5) is 5.69 Å². The molecule has 0 fully saturated rings. The number of hydrogen-bond acceptors (Lipinski definition) is 3. The maximum Gasteiger partial charge on any atom is 0.0783 e. The number of rotatable bonds is 0. The van der Waals surface area contributed by atoms with Crippen molar-refractivity contribution in [2.75, 3.05) is 12.0 Å². The molecule has 0 saturated carbocycles. The molecule has 0 aromatic heterocycles. The predicted octanol–water partition coefficient (Wildman–Crippen LogP) is 0.664. The number of para-hydroxylation sites is 1. The molecule has 3 heteroatoms. The Kier molecular flexibility index (Phi) is 1.75. The van der Waals surface area contributed by atoms with Crippen molar-refractivity contribution in [3.63, 3.8) is 0 Å². The van der Waals surface area contributed by atoms with E-state index >= 15 is 0 Å². The summed E-state index contributed by atoms with van der Waals surface area (Å²) in [5, 5.41) is 3.25. The average Bonchev–Trinajstić information content (AvgIpc) is 2.28. The summed E-state index contributed by atoms with van der Waals surface area (Å²) in [4.78, 5) is 0. The van der Waals surface area contributed by atoms with E-state index in [1.807, 2.05) is 12.1 Å². The zero-order valence-corrected chi connectivity index (χ0v) is 6.22. The van der Waals surface area contributed by atoms with Gasteiger partial charge >= 0.3 is 0 Å². The van der Waals surface area contributed by atoms with Gasteiger partial charge in [-0.3, -0.25) is 5.43 Å². The summed E-state index contributed by atoms with van der Waals surface area (Å²) >= 11 is 0. The summed E-state index contributed by atoms with van der Waals surface area (Å²) in [6.07, 6.45) is 0. The Labute approximate surface area is 65.8 Å². The lowest BCUT2D eigenvalue weighted by Gasteiger charge is -2.03. The van der Waals surface area contributed by atoms with Gasteiger partial charge in [-0.25, -0.2) is 5.43 Å². The number of anilines is 1. The van der Waals surface area contributed by atoms with Gasteiger partial charge in [0, 0.05) is 12.2 Å². The van der Waals surface area contributed by atoms with Crippen molar-refractivity contribution in [3.05, 3.63) is 29.8 Å². The quantitative estimate of drug-likeness (QED) is 0.507. The number of fused-ring (bicyclic) bond motifs is 1. The van der Waals surface area contributed by atoms with Gasteiger partial charge in [-0.15, -0.1) is 0 Å². The molecule has 11 heavy (non-hydrogen) atoms. The van der Waals surface area contributed by atoms with Gasteiger partial charge in [-0.1, -0.05) is 18.2 Å². The molecule has 3 N–H and O–H groups in total. The fourth-order valence-corrected chi connectivity index (χ4v) is 1.21. The standard InChI is InChI=1S/C8H11N3/c1-2-4-8-7(3-1)5-10-11-6-9-8/h1-4,9-11H,5-6H2. The van der Waals surface area contributed by atoms with Crippen molar-refractivity contribution >= 4 is 5.69 Å². The SMILES string of the molecule is c1ccc2c(c1)CNNCN2. The smallest absolute Gasteiger partial charge is 0.0783 e. The third kappa shape index (κ3) is 1.34. The third-order valence-corrected chi connectivity index (χ3v) is 1.79. The molecule has 3 nitrogen and oxygen atoms in total. The highest BCUT2D eigenvalue weighted by molar-refractivity contribution is 5.51. The lowest BCUT2D eigenvalue weighted by Crippen LogP contribution is -2.32. The second-order valence-corrected chi connectivity index (χ2v) is 2.54. The molecule has 1 heterocycles. The molecule has 0 amide bonds. The Balaban J connectivity index is 2.33. The van der Waals surface area contributed by atoms with Crippen LogP contribution < -0.4 is 16.2 Å². The zero-order chi connectivity index (χ0) is 7.52. The van der Waals surface area contributed by atoms with Crippen molar-refractivity contribution in [2.24, 2.45) is 0 Å². The Bertz CT molecular complexity index is 222. The van der Waals surface area contributed by atoms with Gasteiger partial charge in [0.15, 0.2) is 0 Å². The minimum absolute atomic E-state index is 0.775. The number of nitrogens with one attached hydrogen (secondary N) is 3. The number of hydrazine groups is 1. The topological polar surface area (TPSA) is 36.1 Å². The third-order valence-electron chi connectivity index (χ3n) is 1.79. The molecular formula is C8H11N3. The van der Waals surface area contributed by atoms with E-state index in [1.165, 1.54) is 11.3 Å². The molecule has 1 aromatic rings. The van der Waals surface area contributed by atoms with Crippen molar-refractivity contribution in [3.8, 4) is 0 Å². The monoisotopic (exact) mass is 149 g/mol. The molecule has 1 aliphatic heterocycles. The first kappa shape index (κ1) is 6.64. The summed E-state index contributed by atoms with van der Waals surface area (Å²) in [5.41, 5.74) is 8.64. The summed E-state index contributed by atoms with van der Waals surface area (Å²) in [6.45, 7) is 1.65. The fraction of sp³-hybridized carbons (Fsp3) is 0.250. The van der Waals surface area contributed by atoms with E-state index in [0.29, 0.717) is 0 Å². The Morgan fingerprint density at radius 1 is 1.09 bits per heavy atom. The van der Waals surface area contributed by atoms with Gasteiger partial charge < -0.3 is 5.32 Å². The van der Waals surface area contributed by atoms with Crippen molar-refractivity contribution in [2.45, 2.75) is 6.54 Å². The lowest BCUT2D eigenvalue weighted by atomic mass is 10.2. The molecule has 1 aliphatic rings. The Hall–Kier alpha value is -1.06. The van der Waals surface area contributed by atoms with Gasteiger partial charge in [0.1, 0.15) is 0 Å². The zero-order valence-electron chi connectivity index (χ0n) is 6.22. The lowest BCUT2D eigenvalue weighted by molar-refractivity contribution is 0.568. The second kappa shape index (κ2) is 2.90. The van der Waals surface area contributed by atoms with E-state index in [2.05, 4.69) is 28.3 Å². The van der Waals surface area contributed by atoms with Crippen LogP contribution >= 0.6 is 0 Å². The van der Waals surface area contributed by atoms with Gasteiger partial charge in [-0.05, 0) is 11.6 Å². The van der Waals surface area contributed by atoms with Crippen molar-refractivity contribution in [1.29, 1.82) is 0 Å². The van der Waals surface area contributed by atoms with E-state index in [1.54, 1.807) is 0 Å². The van der Waals surface area contributed by atoms with E-state index < -0.39 is 0 Å². The minimum Gasteiger partial charge on any atom is -0.371 e. The van der Waals surface area contributed by atoms with Crippen LogP contribution in [0.1, 0.15) is 5.56 Å². The van der Waals surface area contributed by atoms with Crippen LogP contribution in [0.3, 0.4) is 0 Å². The van der Waals surface area contributed by atoms with E-state index in [0.717, 1.165) is 13.2 Å². The van der Waals surface area contributed by atoms with Crippen LogP contribution in [0, 0.1) is 0 Å². The average molecular weight is 149 g/mol. The highest BCUT2D eigenvalue weighted by Gasteiger charge is 2.02. The molecule has 0 radical (unpaired) electrons. The molecule has 0 atom stereocenters. The molecular weight excluding hydrogens is 138 g/mol. The van der Waals surface area contributed by atoms with Crippen LogP contribution in [0.25, 0.3) is 0 Å². The van der Waals surface area contributed by atoms with Crippen LogP contribution in [0.5, 0.6) is 0 Å². The van der Waals surface area contributed by atoms with Gasteiger partial charge in [0.05, 0.1) is 6.67 Å². The largest absolute Gasteiger partial charge is 0.371 e. The van der Waals surface area contributed by atoms with E-state index in [9.17, 15) is 0 Å². The molecule has 0 saturated heterocycles. The molecule has 0 unspecified atom stereocenters. The van der Waals surface area contributed by atoms with Crippen LogP contribution in [0.2, 0.25) is 0 Å². The van der Waals surface area contributed by atoms with Crippen molar-refractivity contribution < 1.29 is 0 Å². The maximum atomic E-state index is 3.25. The highest BCUT2D eigenvalue weighted by atomic mass is 15.4. The minimum atomic E-state index is 0.775. The van der Waals surface area contributed by atoms with Gasteiger partial charge in [0.2, 0.25) is 0 Å². The van der Waals surface area contributed by atoms with E-state index in [-0.39, 0.29) is 0 Å². The number of benzene rings is 1. The fourth-order valence-electron chi connectivity index (χ4n) is 1.21. The van der Waals surface area contributed by atoms with Crippen molar-refractivity contribution in [1.82, 2.24) is 10.9 Å². The Morgan fingerprint density at radius 2 is 2.00 bits per heavy atom. The first-order valence-electron chi connectivity index (χ1n) is 3.74. The van der Waals surface area contributed by atoms with Gasteiger partial charge in [0.25, 0.3) is 0 Å². The molecule has 2 rings (SSSR count). The first-order valence-corrected chi connectivity index (χ1v) is 3.74. The normalized spacial score (nSPS) is 16.4. The molecule has 0 bridgehead atoms. The summed E-state index contributed by atoms with van der Waals surface area (Å²) < 4.78 is 0. The first-order chi connectivity index (χ1) is 5.47.